The van der Waals surface area contributed by atoms with Crippen LogP contribution in [0.5, 0.6) is 0 Å². The standard InChI is InChI=1S/C11H20/c1-8(2)11-6-5-9(3)7-10(11)4/h8,10-11H,3,5-7H2,1-2,4H3/t10-,11-/m1/s1. The van der Waals surface area contributed by atoms with Gasteiger partial charge in [-0.25, -0.2) is 0 Å². The summed E-state index contributed by atoms with van der Waals surface area (Å²) in [5, 5.41) is 0. The van der Waals surface area contributed by atoms with Gasteiger partial charge in [-0.2, -0.15) is 0 Å². The Morgan fingerprint density at radius 3 is 2.55 bits per heavy atom. The molecule has 0 aromatic carbocycles. The van der Waals surface area contributed by atoms with E-state index < -0.39 is 0 Å². The Labute approximate surface area is 70.7 Å². The second kappa shape index (κ2) is 3.42. The van der Waals surface area contributed by atoms with E-state index in [0.29, 0.717) is 0 Å². The lowest BCUT2D eigenvalue weighted by molar-refractivity contribution is 0.226. The molecular weight excluding hydrogens is 132 g/mol. The maximum atomic E-state index is 4.06. The van der Waals surface area contributed by atoms with Crippen molar-refractivity contribution in [2.75, 3.05) is 0 Å². The number of allylic oxidation sites excluding steroid dienone is 1. The highest BCUT2D eigenvalue weighted by atomic mass is 14.3. The zero-order valence-electron chi connectivity index (χ0n) is 8.06. The Hall–Kier alpha value is -0.260. The van der Waals surface area contributed by atoms with Gasteiger partial charge in [-0.3, -0.25) is 0 Å². The Morgan fingerprint density at radius 1 is 1.45 bits per heavy atom. The summed E-state index contributed by atoms with van der Waals surface area (Å²) in [6.07, 6.45) is 3.91. The van der Waals surface area contributed by atoms with E-state index in [2.05, 4.69) is 27.4 Å². The number of rotatable bonds is 1. The summed E-state index contributed by atoms with van der Waals surface area (Å²) in [5.41, 5.74) is 1.47. The van der Waals surface area contributed by atoms with Crippen molar-refractivity contribution in [2.24, 2.45) is 17.8 Å². The van der Waals surface area contributed by atoms with Crippen LogP contribution in [0.3, 0.4) is 0 Å². The summed E-state index contributed by atoms with van der Waals surface area (Å²) in [4.78, 5) is 0. The molecule has 1 rings (SSSR count). The molecular formula is C11H20. The predicted molar refractivity (Wildman–Crippen MR) is 50.5 cm³/mol. The van der Waals surface area contributed by atoms with Crippen LogP contribution in [0.4, 0.5) is 0 Å². The fraction of sp³-hybridized carbons (Fsp3) is 0.818. The molecule has 0 heteroatoms. The minimum atomic E-state index is 0.859. The molecule has 1 aliphatic carbocycles. The van der Waals surface area contributed by atoms with Gasteiger partial charge >= 0.3 is 0 Å². The van der Waals surface area contributed by atoms with E-state index in [-0.39, 0.29) is 0 Å². The van der Waals surface area contributed by atoms with Crippen LogP contribution in [0.1, 0.15) is 40.0 Å². The van der Waals surface area contributed by atoms with Gasteiger partial charge in [0.1, 0.15) is 0 Å². The van der Waals surface area contributed by atoms with Crippen molar-refractivity contribution in [1.82, 2.24) is 0 Å². The normalized spacial score (nSPS) is 32.9. The molecule has 0 radical (unpaired) electrons. The Morgan fingerprint density at radius 2 is 2.09 bits per heavy atom. The number of hydrogen-bond donors (Lipinski definition) is 0. The first-order chi connectivity index (χ1) is 5.11. The van der Waals surface area contributed by atoms with Crippen molar-refractivity contribution in [3.8, 4) is 0 Å². The molecule has 11 heavy (non-hydrogen) atoms. The second-order valence-electron chi connectivity index (χ2n) is 4.38. The molecule has 0 bridgehead atoms. The van der Waals surface area contributed by atoms with Crippen LogP contribution in [0.2, 0.25) is 0 Å². The van der Waals surface area contributed by atoms with E-state index in [9.17, 15) is 0 Å². The SMILES string of the molecule is C=C1CC[C@H](C(C)C)[C@H](C)C1. The molecule has 0 spiro atoms. The largest absolute Gasteiger partial charge is 0.0999 e. The van der Waals surface area contributed by atoms with Gasteiger partial charge in [0.2, 0.25) is 0 Å². The molecule has 0 unspecified atom stereocenters. The van der Waals surface area contributed by atoms with Crippen LogP contribution in [0.15, 0.2) is 12.2 Å². The van der Waals surface area contributed by atoms with Crippen LogP contribution in [-0.4, -0.2) is 0 Å². The van der Waals surface area contributed by atoms with Crippen LogP contribution >= 0.6 is 0 Å². The van der Waals surface area contributed by atoms with Gasteiger partial charge in [-0.15, -0.1) is 0 Å². The zero-order valence-corrected chi connectivity index (χ0v) is 8.06. The summed E-state index contributed by atoms with van der Waals surface area (Å²) in [6.45, 7) is 11.1. The zero-order chi connectivity index (χ0) is 8.43. The fourth-order valence-corrected chi connectivity index (χ4v) is 2.35. The molecule has 0 aromatic heterocycles. The minimum Gasteiger partial charge on any atom is -0.0999 e. The lowest BCUT2D eigenvalue weighted by Crippen LogP contribution is -2.22. The van der Waals surface area contributed by atoms with Gasteiger partial charge in [-0.1, -0.05) is 32.9 Å². The maximum absolute atomic E-state index is 4.06. The Balaban J connectivity index is 2.50. The third-order valence-electron chi connectivity index (χ3n) is 3.03. The number of hydrogen-bond acceptors (Lipinski definition) is 0. The van der Waals surface area contributed by atoms with Crippen LogP contribution in [0.25, 0.3) is 0 Å². The van der Waals surface area contributed by atoms with Crippen molar-refractivity contribution in [1.29, 1.82) is 0 Å². The van der Waals surface area contributed by atoms with Crippen molar-refractivity contribution < 1.29 is 0 Å². The van der Waals surface area contributed by atoms with Crippen LogP contribution < -0.4 is 0 Å². The molecule has 1 fully saturated rings. The maximum Gasteiger partial charge on any atom is -0.0294 e. The highest BCUT2D eigenvalue weighted by molar-refractivity contribution is 5.00. The Kier molecular flexibility index (Phi) is 2.75. The van der Waals surface area contributed by atoms with E-state index in [4.69, 9.17) is 0 Å². The second-order valence-corrected chi connectivity index (χ2v) is 4.38. The van der Waals surface area contributed by atoms with Crippen molar-refractivity contribution >= 4 is 0 Å². The van der Waals surface area contributed by atoms with Crippen LogP contribution in [0, 0.1) is 17.8 Å². The van der Waals surface area contributed by atoms with E-state index >= 15 is 0 Å². The highest BCUT2D eigenvalue weighted by Gasteiger charge is 2.25. The average molecular weight is 152 g/mol. The summed E-state index contributed by atoms with van der Waals surface area (Å²) in [5.74, 6) is 2.68. The van der Waals surface area contributed by atoms with Gasteiger partial charge in [0.25, 0.3) is 0 Å². The average Bonchev–Trinajstić information content (AvgIpc) is 1.85. The van der Waals surface area contributed by atoms with E-state index in [1.807, 2.05) is 0 Å². The lowest BCUT2D eigenvalue weighted by atomic mass is 9.73. The molecule has 0 heterocycles. The first kappa shape index (κ1) is 8.83. The molecule has 0 aliphatic heterocycles. The quantitative estimate of drug-likeness (QED) is 0.503. The fourth-order valence-electron chi connectivity index (χ4n) is 2.35. The molecule has 0 nitrogen and oxygen atoms in total. The van der Waals surface area contributed by atoms with Gasteiger partial charge in [0, 0.05) is 0 Å². The molecule has 0 N–H and O–H groups in total. The first-order valence-corrected chi connectivity index (χ1v) is 4.78. The van der Waals surface area contributed by atoms with Gasteiger partial charge in [-0.05, 0) is 37.0 Å². The lowest BCUT2D eigenvalue weighted by Gasteiger charge is -2.32. The van der Waals surface area contributed by atoms with E-state index in [1.54, 1.807) is 0 Å². The highest BCUT2D eigenvalue weighted by Crippen LogP contribution is 2.36. The van der Waals surface area contributed by atoms with Gasteiger partial charge < -0.3 is 0 Å². The molecule has 1 aliphatic rings. The van der Waals surface area contributed by atoms with Crippen molar-refractivity contribution in [3.05, 3.63) is 12.2 Å². The molecule has 64 valence electrons. The first-order valence-electron chi connectivity index (χ1n) is 4.78. The monoisotopic (exact) mass is 152 g/mol. The Bertz CT molecular complexity index is 144. The van der Waals surface area contributed by atoms with E-state index in [0.717, 1.165) is 17.8 Å². The summed E-state index contributed by atoms with van der Waals surface area (Å²) < 4.78 is 0. The summed E-state index contributed by atoms with van der Waals surface area (Å²) >= 11 is 0. The molecule has 0 saturated heterocycles. The molecule has 0 amide bonds. The predicted octanol–water partition coefficient (Wildman–Crippen LogP) is 3.63. The van der Waals surface area contributed by atoms with E-state index in [1.165, 1.54) is 24.8 Å². The van der Waals surface area contributed by atoms with Crippen LogP contribution in [-0.2, 0) is 0 Å². The smallest absolute Gasteiger partial charge is 0.0294 e. The van der Waals surface area contributed by atoms with Crippen molar-refractivity contribution in [3.63, 3.8) is 0 Å². The van der Waals surface area contributed by atoms with Crippen molar-refractivity contribution in [2.45, 2.75) is 40.0 Å². The topological polar surface area (TPSA) is 0 Å². The van der Waals surface area contributed by atoms with Gasteiger partial charge in [0.05, 0.1) is 0 Å². The summed E-state index contributed by atoms with van der Waals surface area (Å²) in [6, 6.07) is 0. The summed E-state index contributed by atoms with van der Waals surface area (Å²) in [7, 11) is 0. The molecule has 2 atom stereocenters. The molecule has 0 aromatic rings. The molecule has 1 saturated carbocycles. The third-order valence-corrected chi connectivity index (χ3v) is 3.03. The minimum absolute atomic E-state index is 0.859. The van der Waals surface area contributed by atoms with Gasteiger partial charge in [0.15, 0.2) is 0 Å². The third kappa shape index (κ3) is 2.08.